The molecular formula is C18H20N4O3. The molecule has 1 aliphatic heterocycles. The van der Waals surface area contributed by atoms with Crippen molar-refractivity contribution in [3.63, 3.8) is 0 Å². The lowest BCUT2D eigenvalue weighted by molar-refractivity contribution is -0.384. The highest BCUT2D eigenvalue weighted by molar-refractivity contribution is 5.83. The lowest BCUT2D eigenvalue weighted by atomic mass is 9.98. The number of carbonyl (C=O) groups is 1. The van der Waals surface area contributed by atoms with E-state index in [2.05, 4.69) is 14.9 Å². The fraction of sp³-hybridized carbons (Fsp3) is 0.389. The Balaban J connectivity index is 1.95. The molecule has 7 nitrogen and oxygen atoms in total. The van der Waals surface area contributed by atoms with E-state index in [1.54, 1.807) is 12.1 Å². The summed E-state index contributed by atoms with van der Waals surface area (Å²) in [5, 5.41) is 10.8. The zero-order valence-electron chi connectivity index (χ0n) is 14.3. The molecule has 0 amide bonds. The van der Waals surface area contributed by atoms with E-state index in [9.17, 15) is 14.9 Å². The van der Waals surface area contributed by atoms with E-state index in [0.29, 0.717) is 25.3 Å². The number of nitro benzene ring substituents is 1. The van der Waals surface area contributed by atoms with Crippen LogP contribution in [0.2, 0.25) is 0 Å². The van der Waals surface area contributed by atoms with Crippen molar-refractivity contribution < 1.29 is 9.72 Å². The highest BCUT2D eigenvalue weighted by atomic mass is 16.6. The number of nitro groups is 1. The molecule has 1 fully saturated rings. The first-order valence-electron chi connectivity index (χ1n) is 8.38. The first kappa shape index (κ1) is 17.0. The maximum absolute atomic E-state index is 11.8. The second kappa shape index (κ2) is 6.96. The molecule has 2 heterocycles. The second-order valence-corrected chi connectivity index (χ2v) is 6.26. The van der Waals surface area contributed by atoms with E-state index in [0.717, 1.165) is 23.5 Å². The predicted octanol–water partition coefficient (Wildman–Crippen LogP) is 3.03. The van der Waals surface area contributed by atoms with Gasteiger partial charge < -0.3 is 4.90 Å². The number of aryl methyl sites for hydroxylation is 1. The van der Waals surface area contributed by atoms with Gasteiger partial charge in [0, 0.05) is 54.9 Å². The van der Waals surface area contributed by atoms with Crippen molar-refractivity contribution >= 4 is 17.3 Å². The number of benzene rings is 1. The fourth-order valence-electron chi connectivity index (χ4n) is 2.91. The fourth-order valence-corrected chi connectivity index (χ4v) is 2.91. The molecule has 0 spiro atoms. The third kappa shape index (κ3) is 3.65. The van der Waals surface area contributed by atoms with Gasteiger partial charge in [-0.2, -0.15) is 0 Å². The van der Waals surface area contributed by atoms with Crippen molar-refractivity contribution in [2.75, 3.05) is 18.0 Å². The largest absolute Gasteiger partial charge is 0.355 e. The van der Waals surface area contributed by atoms with Gasteiger partial charge in [0.2, 0.25) is 0 Å². The van der Waals surface area contributed by atoms with Crippen molar-refractivity contribution in [2.24, 2.45) is 5.92 Å². The Bertz CT molecular complexity index is 804. The highest BCUT2D eigenvalue weighted by Gasteiger charge is 2.25. The summed E-state index contributed by atoms with van der Waals surface area (Å²) in [6, 6.07) is 8.20. The molecule has 1 aromatic heterocycles. The Kier molecular flexibility index (Phi) is 4.74. The van der Waals surface area contributed by atoms with Gasteiger partial charge in [-0.15, -0.1) is 0 Å². The topological polar surface area (TPSA) is 89.2 Å². The molecular weight excluding hydrogens is 320 g/mol. The van der Waals surface area contributed by atoms with E-state index in [-0.39, 0.29) is 17.4 Å². The number of anilines is 1. The molecule has 0 radical (unpaired) electrons. The minimum atomic E-state index is -0.426. The van der Waals surface area contributed by atoms with Gasteiger partial charge in [-0.3, -0.25) is 14.9 Å². The molecule has 0 N–H and O–H groups in total. The van der Waals surface area contributed by atoms with Gasteiger partial charge in [-0.1, -0.05) is 13.8 Å². The summed E-state index contributed by atoms with van der Waals surface area (Å²) in [6.45, 7) is 5.27. The molecule has 0 bridgehead atoms. The van der Waals surface area contributed by atoms with E-state index < -0.39 is 4.92 Å². The summed E-state index contributed by atoms with van der Waals surface area (Å²) in [5.74, 6) is 1.64. The number of Topliss-reactive ketones (excluding diaryl/α,β-unsaturated/α-hetero) is 1. The lowest BCUT2D eigenvalue weighted by Crippen LogP contribution is -2.40. The maximum atomic E-state index is 11.8. The van der Waals surface area contributed by atoms with Gasteiger partial charge in [0.05, 0.1) is 4.92 Å². The van der Waals surface area contributed by atoms with Crippen LogP contribution in [0.3, 0.4) is 0 Å². The third-order valence-electron chi connectivity index (χ3n) is 4.46. The SMILES string of the molecule is CCc1cc(N2CCC(=O)C(C)C2)nc(-c2ccc([N+](=O)[O-])cc2)n1. The number of carbonyl (C=O) groups excluding carboxylic acids is 1. The number of hydrogen-bond donors (Lipinski definition) is 0. The average Bonchev–Trinajstić information content (AvgIpc) is 2.63. The number of non-ortho nitro benzene ring substituents is 1. The number of aromatic nitrogens is 2. The standard InChI is InChI=1S/C18H20N4O3/c1-3-14-10-17(21-9-8-16(23)12(2)11-21)20-18(19-14)13-4-6-15(7-5-13)22(24)25/h4-7,10,12H,3,8-9,11H2,1-2H3. The first-order valence-corrected chi connectivity index (χ1v) is 8.38. The minimum absolute atomic E-state index is 0.00313. The van der Waals surface area contributed by atoms with E-state index in [1.165, 1.54) is 12.1 Å². The highest BCUT2D eigenvalue weighted by Crippen LogP contribution is 2.25. The van der Waals surface area contributed by atoms with Crippen LogP contribution < -0.4 is 4.90 Å². The summed E-state index contributed by atoms with van der Waals surface area (Å²) in [4.78, 5) is 33.4. The molecule has 1 unspecified atom stereocenters. The van der Waals surface area contributed by atoms with Gasteiger partial charge in [0.1, 0.15) is 11.6 Å². The van der Waals surface area contributed by atoms with Crippen molar-refractivity contribution in [1.29, 1.82) is 0 Å². The number of rotatable bonds is 4. The van der Waals surface area contributed by atoms with Crippen molar-refractivity contribution in [2.45, 2.75) is 26.7 Å². The quantitative estimate of drug-likeness (QED) is 0.628. The molecule has 1 aromatic carbocycles. The van der Waals surface area contributed by atoms with Crippen molar-refractivity contribution in [1.82, 2.24) is 9.97 Å². The number of nitrogens with zero attached hydrogens (tertiary/aromatic N) is 4. The van der Waals surface area contributed by atoms with Crippen LogP contribution in [0.25, 0.3) is 11.4 Å². The Morgan fingerprint density at radius 1 is 1.28 bits per heavy atom. The second-order valence-electron chi connectivity index (χ2n) is 6.26. The van der Waals surface area contributed by atoms with Crippen LogP contribution >= 0.6 is 0 Å². The molecule has 25 heavy (non-hydrogen) atoms. The summed E-state index contributed by atoms with van der Waals surface area (Å²) < 4.78 is 0. The zero-order chi connectivity index (χ0) is 18.0. The Morgan fingerprint density at radius 3 is 2.60 bits per heavy atom. The summed E-state index contributed by atoms with van der Waals surface area (Å²) in [6.07, 6.45) is 1.29. The van der Waals surface area contributed by atoms with Crippen LogP contribution in [0.5, 0.6) is 0 Å². The van der Waals surface area contributed by atoms with Crippen molar-refractivity contribution in [3.05, 3.63) is 46.1 Å². The monoisotopic (exact) mass is 340 g/mol. The zero-order valence-corrected chi connectivity index (χ0v) is 14.3. The van der Waals surface area contributed by atoms with Crippen LogP contribution in [-0.4, -0.2) is 33.8 Å². The van der Waals surface area contributed by atoms with Crippen LogP contribution in [0, 0.1) is 16.0 Å². The molecule has 1 aliphatic rings. The molecule has 0 saturated carbocycles. The average molecular weight is 340 g/mol. The minimum Gasteiger partial charge on any atom is -0.355 e. The van der Waals surface area contributed by atoms with Crippen molar-refractivity contribution in [3.8, 4) is 11.4 Å². The summed E-state index contributed by atoms with van der Waals surface area (Å²) in [7, 11) is 0. The maximum Gasteiger partial charge on any atom is 0.269 e. The number of piperidine rings is 1. The first-order chi connectivity index (χ1) is 12.0. The number of hydrogen-bond acceptors (Lipinski definition) is 6. The Hall–Kier alpha value is -2.83. The third-order valence-corrected chi connectivity index (χ3v) is 4.46. The van der Waals surface area contributed by atoms with E-state index >= 15 is 0 Å². The molecule has 3 rings (SSSR count). The molecule has 0 aliphatic carbocycles. The van der Waals surface area contributed by atoms with Gasteiger partial charge in [0.15, 0.2) is 5.82 Å². The normalized spacial score (nSPS) is 17.6. The Labute approximate surface area is 145 Å². The molecule has 1 saturated heterocycles. The van der Waals surface area contributed by atoms with Gasteiger partial charge >= 0.3 is 0 Å². The van der Waals surface area contributed by atoms with Crippen LogP contribution in [0.1, 0.15) is 26.0 Å². The molecule has 130 valence electrons. The lowest BCUT2D eigenvalue weighted by Gasteiger charge is -2.31. The smallest absolute Gasteiger partial charge is 0.269 e. The van der Waals surface area contributed by atoms with E-state index in [1.807, 2.05) is 19.9 Å². The molecule has 1 atom stereocenters. The van der Waals surface area contributed by atoms with Crippen LogP contribution in [-0.2, 0) is 11.2 Å². The molecule has 2 aromatic rings. The van der Waals surface area contributed by atoms with E-state index in [4.69, 9.17) is 0 Å². The van der Waals surface area contributed by atoms with Gasteiger partial charge in [0.25, 0.3) is 5.69 Å². The number of ketones is 1. The van der Waals surface area contributed by atoms with Gasteiger partial charge in [-0.25, -0.2) is 9.97 Å². The Morgan fingerprint density at radius 2 is 2.00 bits per heavy atom. The van der Waals surface area contributed by atoms with Gasteiger partial charge in [-0.05, 0) is 18.6 Å². The van der Waals surface area contributed by atoms with Crippen LogP contribution in [0.4, 0.5) is 11.5 Å². The summed E-state index contributed by atoms with van der Waals surface area (Å²) in [5.41, 5.74) is 1.69. The van der Waals surface area contributed by atoms with Crippen LogP contribution in [0.15, 0.2) is 30.3 Å². The summed E-state index contributed by atoms with van der Waals surface area (Å²) >= 11 is 0. The molecule has 7 heteroatoms. The predicted molar refractivity (Wildman–Crippen MR) is 94.5 cm³/mol.